The third kappa shape index (κ3) is 1.57. The molecule has 0 aromatic rings. The summed E-state index contributed by atoms with van der Waals surface area (Å²) < 4.78 is 0. The van der Waals surface area contributed by atoms with E-state index in [1.165, 1.54) is 0 Å². The number of hydrogen-bond acceptors (Lipinski definition) is 2. The van der Waals surface area contributed by atoms with E-state index in [1.807, 2.05) is 0 Å². The monoisotopic (exact) mass is 210 g/mol. The minimum atomic E-state index is 0.0530. The number of amides is 1. The Labute approximate surface area is 92.0 Å². The highest BCUT2D eigenvalue weighted by Gasteiger charge is 2.65. The van der Waals surface area contributed by atoms with Gasteiger partial charge in [-0.2, -0.15) is 0 Å². The van der Waals surface area contributed by atoms with Crippen LogP contribution in [0.1, 0.15) is 40.5 Å². The van der Waals surface area contributed by atoms with Gasteiger partial charge in [0.2, 0.25) is 5.91 Å². The molecule has 0 bridgehead atoms. The van der Waals surface area contributed by atoms with Gasteiger partial charge in [-0.15, -0.1) is 0 Å². The van der Waals surface area contributed by atoms with E-state index in [9.17, 15) is 4.79 Å². The maximum Gasteiger partial charge on any atom is 0.237 e. The average molecular weight is 210 g/mol. The largest absolute Gasteiger partial charge is 0.351 e. The Kier molecular flexibility index (Phi) is 2.34. The summed E-state index contributed by atoms with van der Waals surface area (Å²) in [7, 11) is 0. The lowest BCUT2D eigenvalue weighted by atomic mass is 10.0. The first-order chi connectivity index (χ1) is 6.87. The highest BCUT2D eigenvalue weighted by atomic mass is 16.2. The third-order valence-electron chi connectivity index (χ3n) is 4.68. The van der Waals surface area contributed by atoms with Crippen LogP contribution < -0.4 is 10.6 Å². The van der Waals surface area contributed by atoms with Crippen molar-refractivity contribution < 1.29 is 4.79 Å². The maximum absolute atomic E-state index is 11.9. The molecule has 86 valence electrons. The number of hydrogen-bond donors (Lipinski definition) is 2. The average Bonchev–Trinajstić information content (AvgIpc) is 2.65. The minimum Gasteiger partial charge on any atom is -0.351 e. The van der Waals surface area contributed by atoms with Gasteiger partial charge in [-0.3, -0.25) is 4.79 Å². The lowest BCUT2D eigenvalue weighted by Crippen LogP contribution is -2.42. The van der Waals surface area contributed by atoms with Crippen molar-refractivity contribution in [3.8, 4) is 0 Å². The van der Waals surface area contributed by atoms with E-state index in [4.69, 9.17) is 0 Å². The molecule has 0 aromatic heterocycles. The zero-order chi connectivity index (χ0) is 11.3. The van der Waals surface area contributed by atoms with Crippen molar-refractivity contribution in [1.29, 1.82) is 0 Å². The molecule has 2 aliphatic rings. The molecule has 0 unspecified atom stereocenters. The highest BCUT2D eigenvalue weighted by molar-refractivity contribution is 5.83. The molecule has 1 aliphatic carbocycles. The first kappa shape index (κ1) is 10.9. The molecule has 2 rings (SSSR count). The first-order valence-electron chi connectivity index (χ1n) is 5.91. The van der Waals surface area contributed by atoms with Crippen molar-refractivity contribution in [1.82, 2.24) is 10.6 Å². The quantitative estimate of drug-likeness (QED) is 0.721. The second kappa shape index (κ2) is 3.21. The summed E-state index contributed by atoms with van der Waals surface area (Å²) in [5, 5.41) is 6.41. The van der Waals surface area contributed by atoms with Crippen LogP contribution in [0.4, 0.5) is 0 Å². The van der Waals surface area contributed by atoms with Crippen LogP contribution in [0.3, 0.4) is 0 Å². The van der Waals surface area contributed by atoms with Gasteiger partial charge in [0, 0.05) is 6.04 Å². The van der Waals surface area contributed by atoms with Crippen molar-refractivity contribution in [2.75, 3.05) is 6.54 Å². The van der Waals surface area contributed by atoms with Crippen molar-refractivity contribution in [3.63, 3.8) is 0 Å². The molecule has 1 aliphatic heterocycles. The SMILES string of the molecule is CC1(C)C(NC(=O)[C@@H]2CCCN2)C1(C)C. The topological polar surface area (TPSA) is 41.1 Å². The third-order valence-corrected chi connectivity index (χ3v) is 4.68. The van der Waals surface area contributed by atoms with Crippen LogP contribution in [-0.4, -0.2) is 24.5 Å². The molecule has 1 saturated carbocycles. The van der Waals surface area contributed by atoms with Crippen LogP contribution in [0.2, 0.25) is 0 Å². The van der Waals surface area contributed by atoms with E-state index >= 15 is 0 Å². The van der Waals surface area contributed by atoms with Crippen molar-refractivity contribution in [3.05, 3.63) is 0 Å². The second-order valence-corrected chi connectivity index (χ2v) is 6.03. The fourth-order valence-electron chi connectivity index (χ4n) is 2.71. The summed E-state index contributed by atoms with van der Waals surface area (Å²) in [5.41, 5.74) is 0.475. The second-order valence-electron chi connectivity index (χ2n) is 6.03. The van der Waals surface area contributed by atoms with Gasteiger partial charge in [-0.1, -0.05) is 27.7 Å². The molecule has 2 N–H and O–H groups in total. The van der Waals surface area contributed by atoms with Gasteiger partial charge in [0.05, 0.1) is 6.04 Å². The van der Waals surface area contributed by atoms with Gasteiger partial charge < -0.3 is 10.6 Å². The maximum atomic E-state index is 11.9. The summed E-state index contributed by atoms with van der Waals surface area (Å²) in [6.45, 7) is 9.87. The molecule has 1 heterocycles. The van der Waals surface area contributed by atoms with Gasteiger partial charge in [-0.25, -0.2) is 0 Å². The van der Waals surface area contributed by atoms with E-state index in [1.54, 1.807) is 0 Å². The highest BCUT2D eigenvalue weighted by Crippen LogP contribution is 2.62. The molecule has 0 spiro atoms. The Morgan fingerprint density at radius 2 is 1.87 bits per heavy atom. The zero-order valence-corrected chi connectivity index (χ0v) is 10.2. The first-order valence-corrected chi connectivity index (χ1v) is 5.91. The standard InChI is InChI=1S/C12H22N2O/c1-11(2)10(12(11,3)4)14-9(15)8-6-5-7-13-8/h8,10,13H,5-7H2,1-4H3,(H,14,15)/t8-/m0/s1. The van der Waals surface area contributed by atoms with Crippen molar-refractivity contribution in [2.24, 2.45) is 10.8 Å². The predicted octanol–water partition coefficient (Wildman–Crippen LogP) is 1.29. The smallest absolute Gasteiger partial charge is 0.237 e. The molecule has 1 atom stereocenters. The Morgan fingerprint density at radius 1 is 1.27 bits per heavy atom. The summed E-state index contributed by atoms with van der Waals surface area (Å²) in [6.07, 6.45) is 2.11. The van der Waals surface area contributed by atoms with Gasteiger partial charge in [0.1, 0.15) is 0 Å². The summed E-state index contributed by atoms with van der Waals surface area (Å²) in [6, 6.07) is 0.386. The Balaban J connectivity index is 1.91. The van der Waals surface area contributed by atoms with Gasteiger partial charge in [0.25, 0.3) is 0 Å². The van der Waals surface area contributed by atoms with Crippen LogP contribution in [0.5, 0.6) is 0 Å². The Bertz CT molecular complexity index is 263. The number of carbonyl (C=O) groups is 1. The van der Waals surface area contributed by atoms with Crippen LogP contribution in [0.15, 0.2) is 0 Å². The van der Waals surface area contributed by atoms with E-state index < -0.39 is 0 Å². The minimum absolute atomic E-state index is 0.0530. The lowest BCUT2D eigenvalue weighted by Gasteiger charge is -2.12. The van der Waals surface area contributed by atoms with E-state index in [0.717, 1.165) is 19.4 Å². The van der Waals surface area contributed by atoms with Gasteiger partial charge >= 0.3 is 0 Å². The number of carbonyl (C=O) groups excluding carboxylic acids is 1. The van der Waals surface area contributed by atoms with Crippen LogP contribution in [-0.2, 0) is 4.79 Å². The molecule has 3 nitrogen and oxygen atoms in total. The molecule has 1 saturated heterocycles. The van der Waals surface area contributed by atoms with Crippen molar-refractivity contribution >= 4 is 5.91 Å². The van der Waals surface area contributed by atoms with Gasteiger partial charge in [0.15, 0.2) is 0 Å². The molecular weight excluding hydrogens is 188 g/mol. The van der Waals surface area contributed by atoms with Gasteiger partial charge in [-0.05, 0) is 30.2 Å². The summed E-state index contributed by atoms with van der Waals surface area (Å²) in [4.78, 5) is 11.9. The summed E-state index contributed by atoms with van der Waals surface area (Å²) in [5.74, 6) is 0.191. The lowest BCUT2D eigenvalue weighted by molar-refractivity contribution is -0.123. The molecule has 3 heteroatoms. The van der Waals surface area contributed by atoms with E-state index in [2.05, 4.69) is 38.3 Å². The van der Waals surface area contributed by atoms with E-state index in [0.29, 0.717) is 6.04 Å². The molecule has 0 radical (unpaired) electrons. The fraction of sp³-hybridized carbons (Fsp3) is 0.917. The summed E-state index contributed by atoms with van der Waals surface area (Å²) >= 11 is 0. The predicted molar refractivity (Wildman–Crippen MR) is 60.5 cm³/mol. The van der Waals surface area contributed by atoms with Crippen LogP contribution in [0, 0.1) is 10.8 Å². The molecule has 15 heavy (non-hydrogen) atoms. The Hall–Kier alpha value is -0.570. The molecule has 2 fully saturated rings. The molecule has 1 amide bonds. The molecule has 0 aromatic carbocycles. The van der Waals surface area contributed by atoms with Crippen LogP contribution in [0.25, 0.3) is 0 Å². The van der Waals surface area contributed by atoms with Crippen molar-refractivity contribution in [2.45, 2.75) is 52.6 Å². The Morgan fingerprint density at radius 3 is 2.27 bits per heavy atom. The number of rotatable bonds is 2. The molecular formula is C12H22N2O. The van der Waals surface area contributed by atoms with E-state index in [-0.39, 0.29) is 22.8 Å². The fourth-order valence-corrected chi connectivity index (χ4v) is 2.71. The van der Waals surface area contributed by atoms with Crippen LogP contribution >= 0.6 is 0 Å². The zero-order valence-electron chi connectivity index (χ0n) is 10.2. The normalized spacial score (nSPS) is 32.7. The number of nitrogens with one attached hydrogen (secondary N) is 2.